The molecular weight excluding hydrogens is 490 g/mol. The van der Waals surface area contributed by atoms with Crippen molar-refractivity contribution >= 4 is 22.1 Å². The molecule has 0 saturated heterocycles. The molecule has 200 valence electrons. The Morgan fingerprint density at radius 2 is 1.68 bits per heavy atom. The molecule has 0 aliphatic heterocycles. The van der Waals surface area contributed by atoms with Crippen molar-refractivity contribution in [3.8, 4) is 22.6 Å². The largest absolute Gasteiger partial charge is 0.489 e. The number of benzene rings is 2. The first-order chi connectivity index (χ1) is 17.8. The summed E-state index contributed by atoms with van der Waals surface area (Å²) in [5, 5.41) is 4.17. The number of imidazole rings is 2. The maximum Gasteiger partial charge on any atom is 0.328 e. The molecule has 0 fully saturated rings. The summed E-state index contributed by atoms with van der Waals surface area (Å²) in [6.45, 7) is 9.93. The Balaban J connectivity index is 1.89. The second-order valence-electron chi connectivity index (χ2n) is 11.0. The van der Waals surface area contributed by atoms with Crippen LogP contribution in [0, 0.1) is 0 Å². The van der Waals surface area contributed by atoms with E-state index in [1.807, 2.05) is 51.3 Å². The standard InChI is InChI=1S/C28H32F2N6O2/c1-15(2)38-23-10-17(9-22-24(23)35(8)27(37)34(22)7)36-21-12-19(25(29)30)18(16-13-31-33(6)14-16)11-20(21)32-26(36)28(3,4)5/h9-15,25H,1-8H3. The molecule has 0 spiro atoms. The van der Waals surface area contributed by atoms with E-state index in [2.05, 4.69) is 5.10 Å². The summed E-state index contributed by atoms with van der Waals surface area (Å²) in [6, 6.07) is 6.97. The Labute approximate surface area is 219 Å². The van der Waals surface area contributed by atoms with E-state index in [-0.39, 0.29) is 17.4 Å². The van der Waals surface area contributed by atoms with Crippen molar-refractivity contribution in [3.63, 3.8) is 0 Å². The lowest BCUT2D eigenvalue weighted by Gasteiger charge is -2.21. The van der Waals surface area contributed by atoms with Crippen molar-refractivity contribution in [2.24, 2.45) is 21.1 Å². The minimum Gasteiger partial charge on any atom is -0.489 e. The van der Waals surface area contributed by atoms with E-state index in [9.17, 15) is 13.6 Å². The number of fused-ring (bicyclic) bond motifs is 2. The number of hydrogen-bond acceptors (Lipinski definition) is 4. The predicted molar refractivity (Wildman–Crippen MR) is 144 cm³/mol. The Kier molecular flexibility index (Phi) is 5.96. The zero-order valence-electron chi connectivity index (χ0n) is 22.9. The number of ether oxygens (including phenoxy) is 1. The summed E-state index contributed by atoms with van der Waals surface area (Å²) in [7, 11) is 5.17. The molecule has 5 aromatic rings. The average Bonchev–Trinajstić information content (AvgIpc) is 3.49. The van der Waals surface area contributed by atoms with Gasteiger partial charge in [0.15, 0.2) is 0 Å². The first-order valence-electron chi connectivity index (χ1n) is 12.5. The molecule has 0 atom stereocenters. The molecule has 0 amide bonds. The van der Waals surface area contributed by atoms with Gasteiger partial charge in [-0.25, -0.2) is 18.6 Å². The Bertz CT molecular complexity index is 1750. The van der Waals surface area contributed by atoms with Gasteiger partial charge in [-0.2, -0.15) is 5.10 Å². The SMILES string of the molecule is CC(C)Oc1cc(-n2c(C(C)(C)C)nc3cc(-c4cnn(C)c4)c(C(F)F)cc32)cc2c1n(C)c(=O)n2C. The molecule has 8 nitrogen and oxygen atoms in total. The highest BCUT2D eigenvalue weighted by molar-refractivity contribution is 5.89. The Hall–Kier alpha value is -3.95. The van der Waals surface area contributed by atoms with Crippen LogP contribution in [0.15, 0.2) is 41.5 Å². The topological polar surface area (TPSA) is 71.8 Å². The highest BCUT2D eigenvalue weighted by atomic mass is 19.3. The molecular formula is C28H32F2N6O2. The smallest absolute Gasteiger partial charge is 0.328 e. The lowest BCUT2D eigenvalue weighted by Crippen LogP contribution is -2.19. The summed E-state index contributed by atoms with van der Waals surface area (Å²) in [4.78, 5) is 17.8. The van der Waals surface area contributed by atoms with E-state index in [1.165, 1.54) is 6.07 Å². The number of aryl methyl sites for hydroxylation is 3. The van der Waals surface area contributed by atoms with Gasteiger partial charge in [-0.15, -0.1) is 0 Å². The highest BCUT2D eigenvalue weighted by Gasteiger charge is 2.28. The van der Waals surface area contributed by atoms with Crippen LogP contribution < -0.4 is 10.4 Å². The van der Waals surface area contributed by atoms with Gasteiger partial charge in [0.25, 0.3) is 6.43 Å². The molecule has 0 unspecified atom stereocenters. The first-order valence-corrected chi connectivity index (χ1v) is 12.5. The molecule has 3 aromatic heterocycles. The third-order valence-corrected chi connectivity index (χ3v) is 6.68. The number of alkyl halides is 2. The molecule has 0 aliphatic rings. The molecule has 0 radical (unpaired) electrons. The first kappa shape index (κ1) is 25.7. The quantitative estimate of drug-likeness (QED) is 0.300. The van der Waals surface area contributed by atoms with Gasteiger partial charge in [-0.3, -0.25) is 18.4 Å². The summed E-state index contributed by atoms with van der Waals surface area (Å²) in [5.41, 5.74) is 3.46. The van der Waals surface area contributed by atoms with Crippen LogP contribution in [0.1, 0.15) is 52.4 Å². The van der Waals surface area contributed by atoms with E-state index in [0.29, 0.717) is 50.5 Å². The zero-order chi connectivity index (χ0) is 27.7. The van der Waals surface area contributed by atoms with Crippen LogP contribution in [0.5, 0.6) is 5.75 Å². The van der Waals surface area contributed by atoms with Crippen molar-refractivity contribution in [2.45, 2.75) is 52.6 Å². The molecule has 3 heterocycles. The second-order valence-corrected chi connectivity index (χ2v) is 11.0. The van der Waals surface area contributed by atoms with Gasteiger partial charge < -0.3 is 4.74 Å². The number of halogens is 2. The lowest BCUT2D eigenvalue weighted by atomic mass is 9.95. The maximum atomic E-state index is 14.4. The van der Waals surface area contributed by atoms with Gasteiger partial charge in [0.2, 0.25) is 0 Å². The molecule has 10 heteroatoms. The predicted octanol–water partition coefficient (Wildman–Crippen LogP) is 5.64. The zero-order valence-corrected chi connectivity index (χ0v) is 22.9. The van der Waals surface area contributed by atoms with Crippen LogP contribution in [0.25, 0.3) is 38.9 Å². The van der Waals surface area contributed by atoms with Crippen LogP contribution in [0.2, 0.25) is 0 Å². The number of hydrogen-bond donors (Lipinski definition) is 0. The van der Waals surface area contributed by atoms with E-state index < -0.39 is 11.8 Å². The minimum atomic E-state index is -2.70. The molecule has 0 N–H and O–H groups in total. The molecule has 38 heavy (non-hydrogen) atoms. The van der Waals surface area contributed by atoms with Gasteiger partial charge in [0.1, 0.15) is 17.1 Å². The van der Waals surface area contributed by atoms with Crippen LogP contribution in [-0.2, 0) is 26.6 Å². The minimum absolute atomic E-state index is 0.0982. The van der Waals surface area contributed by atoms with Gasteiger partial charge in [-0.1, -0.05) is 20.8 Å². The van der Waals surface area contributed by atoms with Gasteiger partial charge in [0, 0.05) is 49.9 Å². The molecule has 0 aliphatic carbocycles. The maximum absolute atomic E-state index is 14.4. The Morgan fingerprint density at radius 1 is 0.974 bits per heavy atom. The molecule has 0 saturated carbocycles. The van der Waals surface area contributed by atoms with Gasteiger partial charge >= 0.3 is 5.69 Å². The number of nitrogens with zero attached hydrogens (tertiary/aromatic N) is 6. The Morgan fingerprint density at radius 3 is 2.26 bits per heavy atom. The third-order valence-electron chi connectivity index (χ3n) is 6.68. The van der Waals surface area contributed by atoms with Crippen molar-refractivity contribution in [1.29, 1.82) is 0 Å². The van der Waals surface area contributed by atoms with Crippen LogP contribution in [-0.4, -0.2) is 34.6 Å². The fraction of sp³-hybridized carbons (Fsp3) is 0.393. The highest BCUT2D eigenvalue weighted by Crippen LogP contribution is 2.39. The van der Waals surface area contributed by atoms with Crippen LogP contribution in [0.4, 0.5) is 8.78 Å². The summed E-state index contributed by atoms with van der Waals surface area (Å²) in [6.07, 6.45) is 0.452. The summed E-state index contributed by atoms with van der Waals surface area (Å²) in [5.74, 6) is 1.24. The van der Waals surface area contributed by atoms with E-state index in [1.54, 1.807) is 53.4 Å². The molecule has 2 aromatic carbocycles. The van der Waals surface area contributed by atoms with E-state index in [4.69, 9.17) is 9.72 Å². The van der Waals surface area contributed by atoms with Crippen molar-refractivity contribution in [1.82, 2.24) is 28.5 Å². The van der Waals surface area contributed by atoms with Gasteiger partial charge in [0.05, 0.1) is 34.5 Å². The lowest BCUT2D eigenvalue weighted by molar-refractivity contribution is 0.152. The van der Waals surface area contributed by atoms with Crippen molar-refractivity contribution in [2.75, 3.05) is 0 Å². The second kappa shape index (κ2) is 8.82. The molecule has 0 bridgehead atoms. The van der Waals surface area contributed by atoms with Crippen molar-refractivity contribution in [3.05, 3.63) is 58.5 Å². The van der Waals surface area contributed by atoms with Gasteiger partial charge in [-0.05, 0) is 37.6 Å². The number of rotatable bonds is 5. The van der Waals surface area contributed by atoms with E-state index in [0.717, 1.165) is 0 Å². The normalized spacial score (nSPS) is 12.5. The summed E-state index contributed by atoms with van der Waals surface area (Å²) < 4.78 is 41.6. The fourth-order valence-corrected chi connectivity index (χ4v) is 4.96. The summed E-state index contributed by atoms with van der Waals surface area (Å²) >= 11 is 0. The van der Waals surface area contributed by atoms with Crippen molar-refractivity contribution < 1.29 is 13.5 Å². The number of aromatic nitrogens is 6. The average molecular weight is 523 g/mol. The van der Waals surface area contributed by atoms with Crippen LogP contribution in [0.3, 0.4) is 0 Å². The monoisotopic (exact) mass is 522 g/mol. The van der Waals surface area contributed by atoms with E-state index >= 15 is 0 Å². The van der Waals surface area contributed by atoms with Crippen LogP contribution >= 0.6 is 0 Å². The molecule has 5 rings (SSSR count). The fourth-order valence-electron chi connectivity index (χ4n) is 4.96. The third kappa shape index (κ3) is 4.08.